The van der Waals surface area contributed by atoms with E-state index in [0.717, 1.165) is 16.9 Å². The first-order chi connectivity index (χ1) is 12.0. The maximum Gasteiger partial charge on any atom is 0.435 e. The molecule has 0 fully saturated rings. The van der Waals surface area contributed by atoms with Crippen LogP contribution in [-0.4, -0.2) is 32.3 Å². The Labute approximate surface area is 147 Å². The number of aliphatic carboxylic acids is 1. The fourth-order valence-corrected chi connectivity index (χ4v) is 2.27. The van der Waals surface area contributed by atoms with Gasteiger partial charge in [0.05, 0.1) is 5.69 Å². The topological polar surface area (TPSA) is 84.2 Å². The minimum Gasteiger partial charge on any atom is -0.481 e. The summed E-state index contributed by atoms with van der Waals surface area (Å²) in [5, 5.41) is 14.9. The van der Waals surface area contributed by atoms with E-state index in [2.05, 4.69) is 10.4 Å². The number of carboxylic acid groups (broad SMARTS) is 1. The van der Waals surface area contributed by atoms with Gasteiger partial charge in [0.15, 0.2) is 5.69 Å². The fraction of sp³-hybridized carbons (Fsp3) is 0.353. The number of nitrogens with zero attached hydrogens (tertiary/aromatic N) is 2. The van der Waals surface area contributed by atoms with Gasteiger partial charge in [-0.25, -0.2) is 4.68 Å². The lowest BCUT2D eigenvalue weighted by molar-refractivity contribution is -0.141. The second-order valence-electron chi connectivity index (χ2n) is 6.43. The number of halogens is 3. The average molecular weight is 369 g/mol. The van der Waals surface area contributed by atoms with Crippen LogP contribution in [0.3, 0.4) is 0 Å². The lowest BCUT2D eigenvalue weighted by atomic mass is 9.97. The Bertz CT molecular complexity index is 813. The van der Waals surface area contributed by atoms with Crippen LogP contribution < -0.4 is 5.32 Å². The zero-order valence-electron chi connectivity index (χ0n) is 14.2. The minimum atomic E-state index is -4.55. The van der Waals surface area contributed by atoms with E-state index < -0.39 is 29.3 Å². The highest BCUT2D eigenvalue weighted by Crippen LogP contribution is 2.28. The van der Waals surface area contributed by atoms with Crippen molar-refractivity contribution in [3.05, 3.63) is 47.8 Å². The molecule has 140 valence electrons. The molecule has 2 aromatic rings. The summed E-state index contributed by atoms with van der Waals surface area (Å²) >= 11 is 0. The van der Waals surface area contributed by atoms with Gasteiger partial charge in [0, 0.05) is 23.7 Å². The maximum atomic E-state index is 12.7. The summed E-state index contributed by atoms with van der Waals surface area (Å²) in [6.07, 6.45) is -3.24. The first-order valence-electron chi connectivity index (χ1n) is 7.75. The number of carboxylic acids is 1. The highest BCUT2D eigenvalue weighted by atomic mass is 19.4. The molecule has 0 radical (unpaired) electrons. The molecule has 0 saturated heterocycles. The van der Waals surface area contributed by atoms with Gasteiger partial charge in [0.25, 0.3) is 5.91 Å². The average Bonchev–Trinajstić information content (AvgIpc) is 3.03. The Kier molecular flexibility index (Phi) is 5.38. The summed E-state index contributed by atoms with van der Waals surface area (Å²) in [6, 6.07) is 6.83. The van der Waals surface area contributed by atoms with Gasteiger partial charge in [-0.2, -0.15) is 18.3 Å². The molecule has 6 nitrogen and oxygen atoms in total. The van der Waals surface area contributed by atoms with E-state index in [1.54, 1.807) is 13.8 Å². The number of alkyl halides is 3. The monoisotopic (exact) mass is 369 g/mol. The molecule has 1 aromatic carbocycles. The fourth-order valence-electron chi connectivity index (χ4n) is 2.27. The molecular formula is C17H18F3N3O3. The van der Waals surface area contributed by atoms with Crippen LogP contribution in [0, 0.1) is 0 Å². The lowest BCUT2D eigenvalue weighted by Gasteiger charge is -2.25. The summed E-state index contributed by atoms with van der Waals surface area (Å²) in [6.45, 7) is 3.39. The second kappa shape index (κ2) is 7.19. The first kappa shape index (κ1) is 19.5. The quantitative estimate of drug-likeness (QED) is 0.819. The number of benzene rings is 1. The summed E-state index contributed by atoms with van der Waals surface area (Å²) in [7, 11) is 0. The largest absolute Gasteiger partial charge is 0.481 e. The predicted molar refractivity (Wildman–Crippen MR) is 87.0 cm³/mol. The SMILES string of the molecule is CC(C)(CCC(=O)O)NC(=O)c1cccc(-n2ccc(C(F)(F)F)n2)c1. The van der Waals surface area contributed by atoms with E-state index in [9.17, 15) is 22.8 Å². The van der Waals surface area contributed by atoms with Gasteiger partial charge in [-0.15, -0.1) is 0 Å². The van der Waals surface area contributed by atoms with Crippen molar-refractivity contribution in [1.29, 1.82) is 0 Å². The number of aromatic nitrogens is 2. The van der Waals surface area contributed by atoms with E-state index in [4.69, 9.17) is 5.11 Å². The number of carbonyl (C=O) groups is 2. The third-order valence-electron chi connectivity index (χ3n) is 3.67. The zero-order valence-corrected chi connectivity index (χ0v) is 14.2. The second-order valence-corrected chi connectivity index (χ2v) is 6.43. The third kappa shape index (κ3) is 5.08. The van der Waals surface area contributed by atoms with Gasteiger partial charge < -0.3 is 10.4 Å². The highest BCUT2D eigenvalue weighted by molar-refractivity contribution is 5.95. The van der Waals surface area contributed by atoms with Crippen LogP contribution in [0.25, 0.3) is 5.69 Å². The van der Waals surface area contributed by atoms with Gasteiger partial charge >= 0.3 is 12.1 Å². The number of hydrogen-bond donors (Lipinski definition) is 2. The molecule has 0 aliphatic carbocycles. The van der Waals surface area contributed by atoms with Gasteiger partial charge in [-0.3, -0.25) is 9.59 Å². The molecule has 0 spiro atoms. The molecule has 1 aromatic heterocycles. The molecule has 26 heavy (non-hydrogen) atoms. The van der Waals surface area contributed by atoms with E-state index in [1.165, 1.54) is 24.3 Å². The molecule has 0 aliphatic heterocycles. The number of amides is 1. The van der Waals surface area contributed by atoms with Crippen molar-refractivity contribution in [3.8, 4) is 5.69 Å². The normalized spacial score (nSPS) is 12.0. The lowest BCUT2D eigenvalue weighted by Crippen LogP contribution is -2.43. The summed E-state index contributed by atoms with van der Waals surface area (Å²) in [5.41, 5.74) is -1.24. The predicted octanol–water partition coefficient (Wildman–Crippen LogP) is 3.26. The van der Waals surface area contributed by atoms with Crippen molar-refractivity contribution in [3.63, 3.8) is 0 Å². The number of carbonyl (C=O) groups excluding carboxylic acids is 1. The molecular weight excluding hydrogens is 351 g/mol. The molecule has 0 aliphatic rings. The van der Waals surface area contributed by atoms with E-state index in [1.807, 2.05) is 0 Å². The molecule has 1 amide bonds. The van der Waals surface area contributed by atoms with Crippen molar-refractivity contribution in [2.45, 2.75) is 38.4 Å². The highest BCUT2D eigenvalue weighted by Gasteiger charge is 2.33. The number of hydrogen-bond acceptors (Lipinski definition) is 3. The molecule has 0 unspecified atom stereocenters. The van der Waals surface area contributed by atoms with Crippen molar-refractivity contribution < 1.29 is 27.9 Å². The van der Waals surface area contributed by atoms with E-state index in [-0.39, 0.29) is 18.4 Å². The van der Waals surface area contributed by atoms with Crippen LogP contribution in [0.15, 0.2) is 36.5 Å². The van der Waals surface area contributed by atoms with Crippen LogP contribution in [-0.2, 0) is 11.0 Å². The Balaban J connectivity index is 2.17. The molecule has 2 rings (SSSR count). The molecule has 2 N–H and O–H groups in total. The van der Waals surface area contributed by atoms with E-state index >= 15 is 0 Å². The molecule has 1 heterocycles. The van der Waals surface area contributed by atoms with Gasteiger partial charge in [0.1, 0.15) is 0 Å². The molecule has 0 saturated carbocycles. The van der Waals surface area contributed by atoms with Crippen LogP contribution in [0.2, 0.25) is 0 Å². The number of nitrogens with one attached hydrogen (secondary N) is 1. The van der Waals surface area contributed by atoms with Gasteiger partial charge in [-0.05, 0) is 44.5 Å². The summed E-state index contributed by atoms with van der Waals surface area (Å²) < 4.78 is 39.0. The smallest absolute Gasteiger partial charge is 0.435 e. The first-order valence-corrected chi connectivity index (χ1v) is 7.75. The van der Waals surface area contributed by atoms with Crippen molar-refractivity contribution in [2.75, 3.05) is 0 Å². The Hall–Kier alpha value is -2.84. The van der Waals surface area contributed by atoms with Crippen molar-refractivity contribution in [2.24, 2.45) is 0 Å². The van der Waals surface area contributed by atoms with Crippen LogP contribution in [0.5, 0.6) is 0 Å². The molecule has 0 atom stereocenters. The summed E-state index contributed by atoms with van der Waals surface area (Å²) in [5.74, 6) is -1.42. The maximum absolute atomic E-state index is 12.7. The van der Waals surface area contributed by atoms with E-state index in [0.29, 0.717) is 5.69 Å². The third-order valence-corrected chi connectivity index (χ3v) is 3.67. The van der Waals surface area contributed by atoms with Crippen LogP contribution in [0.4, 0.5) is 13.2 Å². The van der Waals surface area contributed by atoms with Crippen LogP contribution >= 0.6 is 0 Å². The summed E-state index contributed by atoms with van der Waals surface area (Å²) in [4.78, 5) is 23.1. The van der Waals surface area contributed by atoms with Crippen LogP contribution in [0.1, 0.15) is 42.7 Å². The molecule has 9 heteroatoms. The zero-order chi connectivity index (χ0) is 19.5. The molecule has 0 bridgehead atoms. The minimum absolute atomic E-state index is 0.0964. The van der Waals surface area contributed by atoms with Gasteiger partial charge in [-0.1, -0.05) is 6.07 Å². The van der Waals surface area contributed by atoms with Gasteiger partial charge in [0.2, 0.25) is 0 Å². The van der Waals surface area contributed by atoms with Crippen molar-refractivity contribution in [1.82, 2.24) is 15.1 Å². The number of rotatable bonds is 6. The Morgan fingerprint density at radius 3 is 2.50 bits per heavy atom. The Morgan fingerprint density at radius 1 is 1.23 bits per heavy atom. The van der Waals surface area contributed by atoms with Crippen molar-refractivity contribution >= 4 is 11.9 Å². The Morgan fingerprint density at radius 2 is 1.92 bits per heavy atom. The standard InChI is InChI=1S/C17H18F3N3O3/c1-16(2,8-6-14(24)25)21-15(26)11-4-3-5-12(10-11)23-9-7-13(22-23)17(18,19)20/h3-5,7,9-10H,6,8H2,1-2H3,(H,21,26)(H,24,25).